The number of fused-ring (bicyclic) bond motifs is 1. The number of likely N-dealkylation sites (tertiary alicyclic amines) is 1. The predicted octanol–water partition coefficient (Wildman–Crippen LogP) is 4.09. The summed E-state index contributed by atoms with van der Waals surface area (Å²) >= 11 is 3.52. The highest BCUT2D eigenvalue weighted by atomic mass is 79.9. The van der Waals surface area contributed by atoms with Gasteiger partial charge in [-0.25, -0.2) is 4.98 Å². The van der Waals surface area contributed by atoms with Gasteiger partial charge < -0.3 is 9.47 Å². The Morgan fingerprint density at radius 2 is 1.88 bits per heavy atom. The zero-order chi connectivity index (χ0) is 16.5. The number of imidazole rings is 1. The molecule has 2 heterocycles. The van der Waals surface area contributed by atoms with Gasteiger partial charge in [-0.15, -0.1) is 0 Å². The van der Waals surface area contributed by atoms with Crippen LogP contribution in [0, 0.1) is 0 Å². The molecular formula is C19H18BrN3O. The number of hydrogen-bond donors (Lipinski definition) is 0. The quantitative estimate of drug-likeness (QED) is 0.682. The Kier molecular flexibility index (Phi) is 4.10. The Labute approximate surface area is 149 Å². The van der Waals surface area contributed by atoms with E-state index in [1.165, 1.54) is 0 Å². The van der Waals surface area contributed by atoms with Crippen molar-refractivity contribution in [2.24, 2.45) is 0 Å². The van der Waals surface area contributed by atoms with Crippen LogP contribution in [0.15, 0.2) is 53.0 Å². The van der Waals surface area contributed by atoms with Gasteiger partial charge in [0.25, 0.3) is 0 Å². The molecule has 0 aliphatic carbocycles. The molecule has 1 aromatic heterocycles. The van der Waals surface area contributed by atoms with Crippen molar-refractivity contribution < 1.29 is 4.79 Å². The number of carbonyl (C=O) groups excluding carboxylic acids is 1. The maximum Gasteiger partial charge on any atom is 0.242 e. The van der Waals surface area contributed by atoms with Crippen molar-refractivity contribution in [2.45, 2.75) is 19.4 Å². The molecule has 1 saturated heterocycles. The number of benzene rings is 2. The van der Waals surface area contributed by atoms with Crippen molar-refractivity contribution in [3.8, 4) is 11.4 Å². The van der Waals surface area contributed by atoms with Crippen molar-refractivity contribution in [1.29, 1.82) is 0 Å². The van der Waals surface area contributed by atoms with E-state index in [1.807, 2.05) is 58.0 Å². The minimum atomic E-state index is 0.173. The van der Waals surface area contributed by atoms with Crippen LogP contribution in [0.5, 0.6) is 0 Å². The molecule has 5 heteroatoms. The second-order valence-corrected chi connectivity index (χ2v) is 7.02. The summed E-state index contributed by atoms with van der Waals surface area (Å²) in [6.07, 6.45) is 2.21. The Hall–Kier alpha value is -2.14. The van der Waals surface area contributed by atoms with Crippen molar-refractivity contribution in [3.05, 3.63) is 53.0 Å². The fraction of sp³-hybridized carbons (Fsp3) is 0.263. The molecule has 4 rings (SSSR count). The lowest BCUT2D eigenvalue weighted by Crippen LogP contribution is -2.31. The van der Waals surface area contributed by atoms with Gasteiger partial charge in [0, 0.05) is 23.1 Å². The fourth-order valence-corrected chi connectivity index (χ4v) is 3.68. The Morgan fingerprint density at radius 3 is 2.67 bits per heavy atom. The minimum absolute atomic E-state index is 0.173. The normalized spacial score (nSPS) is 14.5. The van der Waals surface area contributed by atoms with Crippen molar-refractivity contribution in [3.63, 3.8) is 0 Å². The van der Waals surface area contributed by atoms with Gasteiger partial charge in [0.2, 0.25) is 5.91 Å². The highest BCUT2D eigenvalue weighted by Gasteiger charge is 2.21. The van der Waals surface area contributed by atoms with Crippen LogP contribution in [0.1, 0.15) is 12.8 Å². The molecule has 0 bridgehead atoms. The van der Waals surface area contributed by atoms with Crippen LogP contribution in [0.2, 0.25) is 0 Å². The first kappa shape index (κ1) is 15.4. The molecule has 122 valence electrons. The second kappa shape index (κ2) is 6.40. The number of para-hydroxylation sites is 2. The third-order valence-electron chi connectivity index (χ3n) is 4.49. The number of carbonyl (C=O) groups is 1. The monoisotopic (exact) mass is 383 g/mol. The smallest absolute Gasteiger partial charge is 0.242 e. The lowest BCUT2D eigenvalue weighted by atomic mass is 10.2. The number of nitrogens with zero attached hydrogens (tertiary/aromatic N) is 3. The van der Waals surface area contributed by atoms with Crippen molar-refractivity contribution >= 4 is 32.9 Å². The summed E-state index contributed by atoms with van der Waals surface area (Å²) in [6.45, 7) is 2.08. The molecule has 0 spiro atoms. The topological polar surface area (TPSA) is 38.1 Å². The molecule has 24 heavy (non-hydrogen) atoms. The summed E-state index contributed by atoms with van der Waals surface area (Å²) in [7, 11) is 0. The largest absolute Gasteiger partial charge is 0.341 e. The van der Waals surface area contributed by atoms with Gasteiger partial charge in [0.1, 0.15) is 12.4 Å². The summed E-state index contributed by atoms with van der Waals surface area (Å²) in [6, 6.07) is 16.0. The molecule has 0 unspecified atom stereocenters. The zero-order valence-corrected chi connectivity index (χ0v) is 14.9. The molecule has 0 saturated carbocycles. The molecular weight excluding hydrogens is 366 g/mol. The molecule has 0 N–H and O–H groups in total. The summed E-state index contributed by atoms with van der Waals surface area (Å²) in [5, 5.41) is 0. The third-order valence-corrected chi connectivity index (χ3v) is 4.98. The minimum Gasteiger partial charge on any atom is -0.341 e. The number of hydrogen-bond acceptors (Lipinski definition) is 2. The Morgan fingerprint density at radius 1 is 1.08 bits per heavy atom. The van der Waals surface area contributed by atoms with Crippen LogP contribution in [0.25, 0.3) is 22.4 Å². The summed E-state index contributed by atoms with van der Waals surface area (Å²) in [5.41, 5.74) is 2.93. The summed E-state index contributed by atoms with van der Waals surface area (Å²) in [4.78, 5) is 19.4. The average molecular weight is 384 g/mol. The van der Waals surface area contributed by atoms with E-state index in [9.17, 15) is 4.79 Å². The maximum atomic E-state index is 12.7. The van der Waals surface area contributed by atoms with E-state index in [1.54, 1.807) is 0 Å². The van der Waals surface area contributed by atoms with Gasteiger partial charge >= 0.3 is 0 Å². The van der Waals surface area contributed by atoms with Crippen LogP contribution in [-0.4, -0.2) is 33.4 Å². The van der Waals surface area contributed by atoms with Gasteiger partial charge in [-0.2, -0.15) is 0 Å². The molecule has 1 aliphatic heterocycles. The molecule has 2 aromatic carbocycles. The summed E-state index contributed by atoms with van der Waals surface area (Å²) in [5.74, 6) is 1.01. The van der Waals surface area contributed by atoms with E-state index in [-0.39, 0.29) is 5.91 Å². The molecule has 1 amide bonds. The highest BCUT2D eigenvalue weighted by Crippen LogP contribution is 2.27. The van der Waals surface area contributed by atoms with Crippen LogP contribution in [-0.2, 0) is 11.3 Å². The Balaban J connectivity index is 1.79. The van der Waals surface area contributed by atoms with Gasteiger partial charge in [0.15, 0.2) is 0 Å². The third kappa shape index (κ3) is 2.84. The van der Waals surface area contributed by atoms with E-state index >= 15 is 0 Å². The lowest BCUT2D eigenvalue weighted by Gasteiger charge is -2.17. The fourth-order valence-electron chi connectivity index (χ4n) is 3.29. The molecule has 0 radical (unpaired) electrons. The van der Waals surface area contributed by atoms with E-state index in [0.717, 1.165) is 52.8 Å². The molecule has 3 aromatic rings. The SMILES string of the molecule is O=C(Cn1c(-c2cccc(Br)c2)nc2ccccc21)N1CCCC1. The maximum absolute atomic E-state index is 12.7. The van der Waals surface area contributed by atoms with Crippen molar-refractivity contribution in [1.82, 2.24) is 14.5 Å². The van der Waals surface area contributed by atoms with Crippen LogP contribution < -0.4 is 0 Å². The van der Waals surface area contributed by atoms with Crippen LogP contribution >= 0.6 is 15.9 Å². The first-order valence-corrected chi connectivity index (χ1v) is 9.01. The molecule has 4 nitrogen and oxygen atoms in total. The van der Waals surface area contributed by atoms with E-state index in [4.69, 9.17) is 4.98 Å². The van der Waals surface area contributed by atoms with Gasteiger partial charge in [-0.1, -0.05) is 40.2 Å². The number of halogens is 1. The van der Waals surface area contributed by atoms with Gasteiger partial charge in [-0.3, -0.25) is 4.79 Å². The van der Waals surface area contributed by atoms with E-state index in [2.05, 4.69) is 15.9 Å². The highest BCUT2D eigenvalue weighted by molar-refractivity contribution is 9.10. The average Bonchev–Trinajstić information content (AvgIpc) is 3.23. The van der Waals surface area contributed by atoms with E-state index < -0.39 is 0 Å². The predicted molar refractivity (Wildman–Crippen MR) is 98.7 cm³/mol. The first-order valence-electron chi connectivity index (χ1n) is 8.21. The van der Waals surface area contributed by atoms with Gasteiger partial charge in [0.05, 0.1) is 11.0 Å². The first-order chi connectivity index (χ1) is 11.7. The van der Waals surface area contributed by atoms with E-state index in [0.29, 0.717) is 6.54 Å². The molecule has 0 atom stereocenters. The van der Waals surface area contributed by atoms with Crippen molar-refractivity contribution in [2.75, 3.05) is 13.1 Å². The van der Waals surface area contributed by atoms with Crippen LogP contribution in [0.4, 0.5) is 0 Å². The van der Waals surface area contributed by atoms with Crippen LogP contribution in [0.3, 0.4) is 0 Å². The Bertz CT molecular complexity index is 897. The summed E-state index contributed by atoms with van der Waals surface area (Å²) < 4.78 is 3.04. The molecule has 1 fully saturated rings. The number of aromatic nitrogens is 2. The lowest BCUT2D eigenvalue weighted by molar-refractivity contribution is -0.130. The molecule has 1 aliphatic rings. The standard InChI is InChI=1S/C19H18BrN3O/c20-15-7-5-6-14(12-15)19-21-16-8-1-2-9-17(16)23(19)13-18(24)22-10-3-4-11-22/h1-2,5-9,12H,3-4,10-11,13H2. The zero-order valence-electron chi connectivity index (χ0n) is 13.3. The van der Waals surface area contributed by atoms with Gasteiger partial charge in [-0.05, 0) is 37.1 Å². The number of rotatable bonds is 3. The number of amides is 1. The second-order valence-electron chi connectivity index (χ2n) is 6.11.